The van der Waals surface area contributed by atoms with Gasteiger partial charge in [-0.15, -0.1) is 35.3 Å². The Morgan fingerprint density at radius 3 is 2.87 bits per heavy atom. The number of thiazole rings is 1. The molecule has 0 amide bonds. The molecule has 0 aliphatic carbocycles. The van der Waals surface area contributed by atoms with Gasteiger partial charge in [0.15, 0.2) is 5.96 Å². The fourth-order valence-electron chi connectivity index (χ4n) is 3.16. The van der Waals surface area contributed by atoms with E-state index in [4.69, 9.17) is 4.74 Å². The number of hydrogen-bond acceptors (Lipinski definition) is 4. The molecule has 3 rings (SSSR count). The molecule has 1 aliphatic rings. The lowest BCUT2D eigenvalue weighted by Crippen LogP contribution is -2.48. The van der Waals surface area contributed by atoms with Crippen molar-refractivity contribution < 1.29 is 17.9 Å². The van der Waals surface area contributed by atoms with Gasteiger partial charge in [0.05, 0.1) is 23.7 Å². The molecule has 0 saturated carbocycles. The molecule has 166 valence electrons. The number of halogens is 4. The lowest BCUT2D eigenvalue weighted by Gasteiger charge is -2.35. The van der Waals surface area contributed by atoms with Crippen molar-refractivity contribution in [2.75, 3.05) is 32.8 Å². The molecular formula is C20H26F3IN4OS. The van der Waals surface area contributed by atoms with E-state index in [1.807, 2.05) is 24.9 Å². The van der Waals surface area contributed by atoms with Gasteiger partial charge >= 0.3 is 6.18 Å². The highest BCUT2D eigenvalue weighted by molar-refractivity contribution is 14.0. The predicted molar refractivity (Wildman–Crippen MR) is 124 cm³/mol. The van der Waals surface area contributed by atoms with Gasteiger partial charge in [-0.2, -0.15) is 13.2 Å². The number of guanidine groups is 1. The van der Waals surface area contributed by atoms with E-state index in [0.29, 0.717) is 38.3 Å². The van der Waals surface area contributed by atoms with E-state index in [-0.39, 0.29) is 24.0 Å². The average molecular weight is 554 g/mol. The van der Waals surface area contributed by atoms with Crippen molar-refractivity contribution >= 4 is 41.3 Å². The minimum Gasteiger partial charge on any atom is -0.370 e. The molecule has 1 unspecified atom stereocenters. The first-order valence-electron chi connectivity index (χ1n) is 9.60. The Morgan fingerprint density at radius 1 is 1.40 bits per heavy atom. The summed E-state index contributed by atoms with van der Waals surface area (Å²) in [5.41, 5.74) is -0.131. The molecule has 1 aromatic heterocycles. The van der Waals surface area contributed by atoms with Crippen LogP contribution >= 0.6 is 35.3 Å². The van der Waals surface area contributed by atoms with Crippen molar-refractivity contribution in [2.45, 2.75) is 32.5 Å². The van der Waals surface area contributed by atoms with E-state index in [9.17, 15) is 13.2 Å². The van der Waals surface area contributed by atoms with E-state index in [2.05, 4.69) is 15.3 Å². The second-order valence-corrected chi connectivity index (χ2v) is 8.10. The smallest absolute Gasteiger partial charge is 0.370 e. The number of alkyl halides is 3. The fraction of sp³-hybridized carbons (Fsp3) is 0.500. The third kappa shape index (κ3) is 6.81. The first-order chi connectivity index (χ1) is 13.9. The number of rotatable bonds is 5. The Kier molecular flexibility index (Phi) is 9.35. The molecule has 2 aromatic rings. The Morgan fingerprint density at radius 2 is 2.20 bits per heavy atom. The first-order valence-corrected chi connectivity index (χ1v) is 10.4. The molecule has 1 aromatic carbocycles. The highest BCUT2D eigenvalue weighted by Gasteiger charge is 2.32. The lowest BCUT2D eigenvalue weighted by atomic mass is 10.0. The Balaban J connectivity index is 0.00000320. The van der Waals surface area contributed by atoms with Crippen LogP contribution in [0.15, 0.2) is 35.5 Å². The van der Waals surface area contributed by atoms with Crippen LogP contribution in [0.1, 0.15) is 34.0 Å². The van der Waals surface area contributed by atoms with Crippen molar-refractivity contribution in [3.05, 3.63) is 51.5 Å². The average Bonchev–Trinajstić information content (AvgIpc) is 3.12. The maximum absolute atomic E-state index is 13.0. The van der Waals surface area contributed by atoms with Crippen LogP contribution in [0, 0.1) is 6.92 Å². The minimum absolute atomic E-state index is 0. The van der Waals surface area contributed by atoms with E-state index in [0.717, 1.165) is 23.5 Å². The Hall–Kier alpha value is -1.40. The van der Waals surface area contributed by atoms with Gasteiger partial charge in [-0.3, -0.25) is 4.99 Å². The number of aromatic nitrogens is 1. The maximum atomic E-state index is 13.0. The monoisotopic (exact) mass is 554 g/mol. The lowest BCUT2D eigenvalue weighted by molar-refractivity contribution is -0.137. The molecule has 30 heavy (non-hydrogen) atoms. The van der Waals surface area contributed by atoms with Crippen LogP contribution in [0.3, 0.4) is 0 Å². The fourth-order valence-corrected chi connectivity index (χ4v) is 3.93. The summed E-state index contributed by atoms with van der Waals surface area (Å²) in [5.74, 6) is 0.751. The van der Waals surface area contributed by atoms with Gasteiger partial charge in [-0.25, -0.2) is 4.98 Å². The second kappa shape index (κ2) is 11.3. The zero-order chi connectivity index (χ0) is 20.9. The quantitative estimate of drug-likeness (QED) is 0.332. The van der Waals surface area contributed by atoms with E-state index < -0.39 is 17.8 Å². The third-order valence-corrected chi connectivity index (χ3v) is 5.52. The molecule has 0 radical (unpaired) electrons. The molecule has 1 fully saturated rings. The Labute approximate surface area is 195 Å². The predicted octanol–water partition coefficient (Wildman–Crippen LogP) is 4.67. The molecule has 1 saturated heterocycles. The number of aliphatic imine (C=N–C) groups is 1. The molecule has 0 bridgehead atoms. The Bertz CT molecular complexity index is 843. The van der Waals surface area contributed by atoms with Crippen molar-refractivity contribution in [1.82, 2.24) is 15.2 Å². The number of ether oxygens (including phenoxy) is 1. The molecule has 1 aliphatic heterocycles. The number of hydrogen-bond donors (Lipinski definition) is 1. The second-order valence-electron chi connectivity index (χ2n) is 6.78. The summed E-state index contributed by atoms with van der Waals surface area (Å²) in [4.78, 5) is 12.3. The molecular weight excluding hydrogens is 528 g/mol. The van der Waals surface area contributed by atoms with Gasteiger partial charge in [-0.1, -0.05) is 12.1 Å². The van der Waals surface area contributed by atoms with Crippen LogP contribution in [-0.2, 0) is 17.3 Å². The first kappa shape index (κ1) is 24.9. The summed E-state index contributed by atoms with van der Waals surface area (Å²) in [6, 6.07) is 5.35. The summed E-state index contributed by atoms with van der Waals surface area (Å²) in [5, 5.41) is 4.32. The number of nitrogens with zero attached hydrogens (tertiary/aromatic N) is 3. The molecule has 10 heteroatoms. The molecule has 0 spiro atoms. The summed E-state index contributed by atoms with van der Waals surface area (Å²) in [7, 11) is 0. The van der Waals surface area contributed by atoms with E-state index in [1.165, 1.54) is 17.0 Å². The van der Waals surface area contributed by atoms with Gasteiger partial charge in [-0.05, 0) is 31.5 Å². The topological polar surface area (TPSA) is 49.8 Å². The number of nitrogens with one attached hydrogen (secondary N) is 1. The van der Waals surface area contributed by atoms with E-state index in [1.54, 1.807) is 17.4 Å². The summed E-state index contributed by atoms with van der Waals surface area (Å²) >= 11 is 1.66. The third-order valence-electron chi connectivity index (χ3n) is 4.54. The summed E-state index contributed by atoms with van der Waals surface area (Å²) in [6.07, 6.45) is -2.18. The normalized spacial score (nSPS) is 17.6. The molecule has 1 N–H and O–H groups in total. The van der Waals surface area contributed by atoms with Gasteiger partial charge in [0, 0.05) is 37.1 Å². The van der Waals surface area contributed by atoms with Crippen molar-refractivity contribution in [3.8, 4) is 0 Å². The summed E-state index contributed by atoms with van der Waals surface area (Å²) in [6.45, 7) is 6.83. The zero-order valence-corrected chi connectivity index (χ0v) is 20.1. The van der Waals surface area contributed by atoms with Crippen LogP contribution in [-0.4, -0.2) is 48.6 Å². The molecule has 5 nitrogen and oxygen atoms in total. The van der Waals surface area contributed by atoms with Crippen LogP contribution in [0.5, 0.6) is 0 Å². The highest BCUT2D eigenvalue weighted by Crippen LogP contribution is 2.32. The molecule has 1 atom stereocenters. The largest absolute Gasteiger partial charge is 0.416 e. The van der Waals surface area contributed by atoms with Crippen LogP contribution in [0.2, 0.25) is 0 Å². The van der Waals surface area contributed by atoms with Gasteiger partial charge in [0.2, 0.25) is 0 Å². The van der Waals surface area contributed by atoms with Crippen molar-refractivity contribution in [1.29, 1.82) is 0 Å². The van der Waals surface area contributed by atoms with Gasteiger partial charge < -0.3 is 15.0 Å². The van der Waals surface area contributed by atoms with Gasteiger partial charge in [0.25, 0.3) is 0 Å². The van der Waals surface area contributed by atoms with Crippen LogP contribution in [0.25, 0.3) is 0 Å². The summed E-state index contributed by atoms with van der Waals surface area (Å²) < 4.78 is 44.9. The highest BCUT2D eigenvalue weighted by atomic mass is 127. The van der Waals surface area contributed by atoms with Gasteiger partial charge in [0.1, 0.15) is 6.10 Å². The van der Waals surface area contributed by atoms with Crippen LogP contribution in [0.4, 0.5) is 13.2 Å². The van der Waals surface area contributed by atoms with Crippen molar-refractivity contribution in [3.63, 3.8) is 0 Å². The molecule has 2 heterocycles. The van der Waals surface area contributed by atoms with E-state index >= 15 is 0 Å². The number of aryl methyl sites for hydroxylation is 1. The zero-order valence-electron chi connectivity index (χ0n) is 16.9. The van der Waals surface area contributed by atoms with Crippen molar-refractivity contribution in [2.24, 2.45) is 4.99 Å². The maximum Gasteiger partial charge on any atom is 0.416 e. The standard InChI is InChI=1S/C20H25F3N4OS.HI/c1-3-24-19(25-8-7-18-26-12-14(2)29-18)27-9-10-28-17(13-27)15-5-4-6-16(11-15)20(21,22)23;/h4-6,11-12,17H,3,7-10,13H2,1-2H3,(H,24,25);1H. The SMILES string of the molecule is CCNC(=NCCc1ncc(C)s1)N1CCOC(c2cccc(C(F)(F)F)c2)C1.I. The minimum atomic E-state index is -4.37. The number of morpholine rings is 1. The van der Waals surface area contributed by atoms with Crippen LogP contribution < -0.4 is 5.32 Å². The number of benzene rings is 1.